The van der Waals surface area contributed by atoms with Crippen LogP contribution in [0.1, 0.15) is 43.4 Å². The highest BCUT2D eigenvalue weighted by Crippen LogP contribution is 2.35. The number of ether oxygens (including phenoxy) is 1. The second-order valence-electron chi connectivity index (χ2n) is 5.87. The number of nitrogens with one attached hydrogen (secondary N) is 1. The van der Waals surface area contributed by atoms with E-state index in [9.17, 15) is 0 Å². The van der Waals surface area contributed by atoms with Crippen molar-refractivity contribution in [2.24, 2.45) is 0 Å². The zero-order valence-corrected chi connectivity index (χ0v) is 13.1. The molecule has 0 fully saturated rings. The van der Waals surface area contributed by atoms with Crippen LogP contribution >= 0.6 is 0 Å². The number of nitrogens with zero attached hydrogens (tertiary/aromatic N) is 1. The minimum absolute atomic E-state index is 0.510. The number of benzene rings is 1. The van der Waals surface area contributed by atoms with E-state index in [1.54, 1.807) is 0 Å². The van der Waals surface area contributed by atoms with Crippen LogP contribution < -0.4 is 10.1 Å². The van der Waals surface area contributed by atoms with E-state index in [0.29, 0.717) is 6.04 Å². The Kier molecular flexibility index (Phi) is 5.86. The summed E-state index contributed by atoms with van der Waals surface area (Å²) < 4.78 is 6.00. The highest BCUT2D eigenvalue weighted by atomic mass is 16.5. The van der Waals surface area contributed by atoms with E-state index >= 15 is 0 Å². The molecular formula is C17H28N2O. The van der Waals surface area contributed by atoms with E-state index in [1.165, 1.54) is 30.4 Å². The summed E-state index contributed by atoms with van der Waals surface area (Å²) in [5, 5.41) is 3.67. The van der Waals surface area contributed by atoms with Gasteiger partial charge in [0.2, 0.25) is 0 Å². The molecule has 1 aromatic rings. The molecule has 0 spiro atoms. The molecule has 0 radical (unpaired) electrons. The largest absolute Gasteiger partial charge is 0.492 e. The van der Waals surface area contributed by atoms with Gasteiger partial charge in [-0.15, -0.1) is 0 Å². The van der Waals surface area contributed by atoms with Gasteiger partial charge in [0.25, 0.3) is 0 Å². The second-order valence-corrected chi connectivity index (χ2v) is 5.87. The summed E-state index contributed by atoms with van der Waals surface area (Å²) in [6, 6.07) is 7.03. The third-order valence-corrected chi connectivity index (χ3v) is 3.90. The molecule has 2 rings (SSSR count). The Morgan fingerprint density at radius 3 is 2.95 bits per heavy atom. The topological polar surface area (TPSA) is 24.5 Å². The molecule has 20 heavy (non-hydrogen) atoms. The molecule has 1 aliphatic rings. The van der Waals surface area contributed by atoms with Crippen molar-refractivity contribution in [2.45, 2.75) is 38.6 Å². The van der Waals surface area contributed by atoms with Gasteiger partial charge in [-0.3, -0.25) is 0 Å². The minimum atomic E-state index is 0.510. The van der Waals surface area contributed by atoms with Crippen molar-refractivity contribution < 1.29 is 4.74 Å². The smallest absolute Gasteiger partial charge is 0.122 e. The molecule has 1 atom stereocenters. The molecule has 1 aliphatic carbocycles. The Hall–Kier alpha value is -1.06. The quantitative estimate of drug-likeness (QED) is 0.828. The van der Waals surface area contributed by atoms with Crippen molar-refractivity contribution in [1.82, 2.24) is 10.2 Å². The van der Waals surface area contributed by atoms with Crippen LogP contribution in [0.15, 0.2) is 18.2 Å². The molecule has 1 N–H and O–H groups in total. The van der Waals surface area contributed by atoms with Crippen LogP contribution in [0.5, 0.6) is 5.75 Å². The summed E-state index contributed by atoms with van der Waals surface area (Å²) in [6.45, 7) is 5.03. The van der Waals surface area contributed by atoms with Gasteiger partial charge in [0.05, 0.1) is 0 Å². The molecule has 1 unspecified atom stereocenters. The summed E-state index contributed by atoms with van der Waals surface area (Å²) in [5.41, 5.74) is 2.87. The number of rotatable bonds is 7. The van der Waals surface area contributed by atoms with Crippen molar-refractivity contribution in [1.29, 1.82) is 0 Å². The molecule has 0 saturated carbocycles. The minimum Gasteiger partial charge on any atom is -0.492 e. The molecule has 112 valence electrons. The van der Waals surface area contributed by atoms with Crippen molar-refractivity contribution >= 4 is 0 Å². The summed E-state index contributed by atoms with van der Waals surface area (Å²) in [4.78, 5) is 2.15. The van der Waals surface area contributed by atoms with Crippen LogP contribution in [0, 0.1) is 0 Å². The zero-order chi connectivity index (χ0) is 14.4. The van der Waals surface area contributed by atoms with Crippen molar-refractivity contribution in [2.75, 3.05) is 33.8 Å². The third-order valence-electron chi connectivity index (χ3n) is 3.90. The monoisotopic (exact) mass is 276 g/mol. The predicted molar refractivity (Wildman–Crippen MR) is 84.5 cm³/mol. The van der Waals surface area contributed by atoms with Crippen LogP contribution in [-0.4, -0.2) is 38.7 Å². The number of likely N-dealkylation sites (N-methyl/N-ethyl adjacent to an activating group) is 1. The lowest BCUT2D eigenvalue weighted by Crippen LogP contribution is -2.26. The number of hydrogen-bond donors (Lipinski definition) is 1. The maximum Gasteiger partial charge on any atom is 0.122 e. The van der Waals surface area contributed by atoms with Gasteiger partial charge in [0, 0.05) is 12.6 Å². The molecular weight excluding hydrogens is 248 g/mol. The first-order valence-electron chi connectivity index (χ1n) is 7.85. The van der Waals surface area contributed by atoms with Gasteiger partial charge in [-0.2, -0.15) is 0 Å². The third kappa shape index (κ3) is 3.97. The zero-order valence-electron chi connectivity index (χ0n) is 13.1. The van der Waals surface area contributed by atoms with E-state index in [1.807, 2.05) is 0 Å². The van der Waals surface area contributed by atoms with E-state index in [4.69, 9.17) is 4.74 Å². The maximum absolute atomic E-state index is 6.00. The highest BCUT2D eigenvalue weighted by Gasteiger charge is 2.22. The molecule has 1 aromatic carbocycles. The van der Waals surface area contributed by atoms with Gasteiger partial charge in [0.1, 0.15) is 12.4 Å². The lowest BCUT2D eigenvalue weighted by Gasteiger charge is -2.28. The van der Waals surface area contributed by atoms with Gasteiger partial charge < -0.3 is 15.0 Å². The average Bonchev–Trinajstić information content (AvgIpc) is 2.45. The van der Waals surface area contributed by atoms with E-state index in [-0.39, 0.29) is 0 Å². The van der Waals surface area contributed by atoms with Crippen molar-refractivity contribution in [3.05, 3.63) is 29.3 Å². The van der Waals surface area contributed by atoms with Crippen LogP contribution in [0.2, 0.25) is 0 Å². The average molecular weight is 276 g/mol. The molecule has 0 aromatic heterocycles. The Morgan fingerprint density at radius 1 is 1.35 bits per heavy atom. The van der Waals surface area contributed by atoms with Gasteiger partial charge in [-0.05, 0) is 63.5 Å². The van der Waals surface area contributed by atoms with E-state index in [2.05, 4.69) is 49.4 Å². The van der Waals surface area contributed by atoms with Crippen LogP contribution in [0.4, 0.5) is 0 Å². The summed E-state index contributed by atoms with van der Waals surface area (Å²) in [7, 11) is 4.16. The Morgan fingerprint density at radius 2 is 2.20 bits per heavy atom. The van der Waals surface area contributed by atoms with Crippen LogP contribution in [0.25, 0.3) is 0 Å². The fourth-order valence-electron chi connectivity index (χ4n) is 2.82. The van der Waals surface area contributed by atoms with E-state index < -0.39 is 0 Å². The maximum atomic E-state index is 6.00. The lowest BCUT2D eigenvalue weighted by atomic mass is 9.87. The Bertz CT molecular complexity index is 417. The SMILES string of the molecule is CCCNC1CCCc2c(OCCN(C)C)cccc21. The summed E-state index contributed by atoms with van der Waals surface area (Å²) >= 11 is 0. The molecule has 3 nitrogen and oxygen atoms in total. The van der Waals surface area contributed by atoms with Gasteiger partial charge in [-0.25, -0.2) is 0 Å². The molecule has 0 amide bonds. The second kappa shape index (κ2) is 7.65. The number of hydrogen-bond acceptors (Lipinski definition) is 3. The first kappa shape index (κ1) is 15.3. The lowest BCUT2D eigenvalue weighted by molar-refractivity contribution is 0.258. The first-order valence-corrected chi connectivity index (χ1v) is 7.85. The van der Waals surface area contributed by atoms with E-state index in [0.717, 1.165) is 31.9 Å². The summed E-state index contributed by atoms with van der Waals surface area (Å²) in [6.07, 6.45) is 4.83. The molecule has 0 aliphatic heterocycles. The van der Waals surface area contributed by atoms with Crippen molar-refractivity contribution in [3.63, 3.8) is 0 Å². The van der Waals surface area contributed by atoms with Gasteiger partial charge >= 0.3 is 0 Å². The van der Waals surface area contributed by atoms with Crippen LogP contribution in [-0.2, 0) is 6.42 Å². The summed E-state index contributed by atoms with van der Waals surface area (Å²) in [5.74, 6) is 1.09. The van der Waals surface area contributed by atoms with Crippen LogP contribution in [0.3, 0.4) is 0 Å². The molecule has 0 bridgehead atoms. The standard InChI is InChI=1S/C17H28N2O/c1-4-11-18-16-9-5-8-15-14(16)7-6-10-17(15)20-13-12-19(2)3/h6-7,10,16,18H,4-5,8-9,11-13H2,1-3H3. The normalized spacial score (nSPS) is 18.1. The number of fused-ring (bicyclic) bond motifs is 1. The highest BCUT2D eigenvalue weighted by molar-refractivity contribution is 5.43. The molecule has 0 saturated heterocycles. The fraction of sp³-hybridized carbons (Fsp3) is 0.647. The molecule has 0 heterocycles. The van der Waals surface area contributed by atoms with Gasteiger partial charge in [0.15, 0.2) is 0 Å². The Balaban J connectivity index is 2.07. The first-order chi connectivity index (χ1) is 9.72. The fourth-order valence-corrected chi connectivity index (χ4v) is 2.82. The molecule has 3 heteroatoms. The predicted octanol–water partition coefficient (Wildman–Crippen LogP) is 3.00. The Labute approximate surface area is 123 Å². The van der Waals surface area contributed by atoms with Gasteiger partial charge in [-0.1, -0.05) is 19.1 Å². The van der Waals surface area contributed by atoms with Crippen molar-refractivity contribution in [3.8, 4) is 5.75 Å².